The Morgan fingerprint density at radius 2 is 1.09 bits per heavy atom. The average Bonchev–Trinajstić information content (AvgIpc) is 2.81. The molecule has 0 aliphatic carbocycles. The van der Waals surface area contributed by atoms with Gasteiger partial charge in [-0.05, 0) is 11.6 Å². The molecule has 1 aromatic rings. The van der Waals surface area contributed by atoms with Gasteiger partial charge in [0.25, 0.3) is 0 Å². The van der Waals surface area contributed by atoms with Crippen molar-refractivity contribution < 1.29 is 67.9 Å². The molecule has 0 saturated heterocycles. The topological polar surface area (TPSA) is 189 Å². The van der Waals surface area contributed by atoms with Crippen LogP contribution in [0.1, 0.15) is 31.8 Å². The monoisotopic (exact) mass is 494 g/mol. The van der Waals surface area contributed by atoms with E-state index in [9.17, 15) is 19.8 Å². The van der Waals surface area contributed by atoms with Crippen molar-refractivity contribution in [3.8, 4) is 0 Å². The van der Waals surface area contributed by atoms with Crippen LogP contribution in [0.2, 0.25) is 0 Å². The lowest BCUT2D eigenvalue weighted by atomic mass is 9.96. The normalized spacial score (nSPS) is 11.1. The van der Waals surface area contributed by atoms with Crippen molar-refractivity contribution in [3.63, 3.8) is 0 Å². The van der Waals surface area contributed by atoms with Crippen LogP contribution in [0.15, 0.2) is 12.1 Å². The number of hydrogen-bond donors (Lipinski definition) is 4. The van der Waals surface area contributed by atoms with Crippen LogP contribution in [0, 0.1) is 0 Å². The van der Waals surface area contributed by atoms with E-state index in [2.05, 4.69) is 0 Å². The minimum Gasteiger partial charge on any atom is -0.478 e. The summed E-state index contributed by atoms with van der Waals surface area (Å²) in [5.41, 5.74) is -0.330. The summed E-state index contributed by atoms with van der Waals surface area (Å²) in [5.74, 6) is -2.67. The summed E-state index contributed by atoms with van der Waals surface area (Å²) in [6, 6.07) is 2.60. The second kappa shape index (κ2) is 19.1. The molecule has 0 radical (unpaired) electrons. The van der Waals surface area contributed by atoms with E-state index in [0.717, 1.165) is 0 Å². The zero-order valence-corrected chi connectivity index (χ0v) is 18.5. The Labute approximate surface area is 195 Å². The molecule has 0 saturated carbocycles. The number of carbonyl (C=O) groups is 2. The zero-order valence-electron chi connectivity index (χ0n) is 18.5. The Bertz CT molecular complexity index is 711. The molecule has 4 N–H and O–H groups in total. The molecule has 0 fully saturated rings. The highest BCUT2D eigenvalue weighted by atomic mass is 16.8. The summed E-state index contributed by atoms with van der Waals surface area (Å²) >= 11 is 0. The van der Waals surface area contributed by atoms with E-state index in [4.69, 9.17) is 48.1 Å². The molecule has 0 bridgehead atoms. The molecule has 0 aliphatic rings. The minimum absolute atomic E-state index is 0.0535. The lowest BCUT2D eigenvalue weighted by Crippen LogP contribution is -2.16. The fourth-order valence-electron chi connectivity index (χ4n) is 2.47. The van der Waals surface area contributed by atoms with Gasteiger partial charge in [-0.1, -0.05) is 6.07 Å². The van der Waals surface area contributed by atoms with Crippen LogP contribution in [0.3, 0.4) is 0 Å². The van der Waals surface area contributed by atoms with E-state index in [1.165, 1.54) is 12.1 Å². The number of carboxylic acid groups (broad SMARTS) is 2. The maximum absolute atomic E-state index is 11.9. The van der Waals surface area contributed by atoms with E-state index in [1.807, 2.05) is 0 Å². The summed E-state index contributed by atoms with van der Waals surface area (Å²) in [7, 11) is 0. The highest BCUT2D eigenvalue weighted by molar-refractivity contribution is 5.97. The maximum Gasteiger partial charge on any atom is 0.336 e. The van der Waals surface area contributed by atoms with Gasteiger partial charge in [0.05, 0.1) is 50.8 Å². The van der Waals surface area contributed by atoms with E-state index in [1.54, 1.807) is 0 Å². The van der Waals surface area contributed by atoms with Crippen molar-refractivity contribution >= 4 is 11.9 Å². The first-order chi connectivity index (χ1) is 16.5. The first kappa shape index (κ1) is 29.8. The fourth-order valence-corrected chi connectivity index (χ4v) is 2.47. The predicted molar refractivity (Wildman–Crippen MR) is 110 cm³/mol. The lowest BCUT2D eigenvalue weighted by Gasteiger charge is -2.15. The van der Waals surface area contributed by atoms with Crippen molar-refractivity contribution in [2.45, 2.75) is 13.2 Å². The van der Waals surface area contributed by atoms with Crippen molar-refractivity contribution in [3.05, 3.63) is 34.4 Å². The molecule has 0 aromatic heterocycles. The number of carboxylic acids is 2. The molecule has 0 unspecified atom stereocenters. The third-order valence-corrected chi connectivity index (χ3v) is 3.82. The molecule has 0 spiro atoms. The number of ether oxygens (including phenoxy) is 8. The van der Waals surface area contributed by atoms with E-state index in [-0.39, 0.29) is 103 Å². The van der Waals surface area contributed by atoms with Crippen molar-refractivity contribution in [1.82, 2.24) is 0 Å². The Hall–Kier alpha value is -2.24. The highest BCUT2D eigenvalue weighted by Crippen LogP contribution is 2.22. The number of hydrogen-bond acceptors (Lipinski definition) is 12. The van der Waals surface area contributed by atoms with Gasteiger partial charge >= 0.3 is 11.9 Å². The first-order valence-electron chi connectivity index (χ1n) is 9.97. The second-order valence-electron chi connectivity index (χ2n) is 6.22. The van der Waals surface area contributed by atoms with Gasteiger partial charge < -0.3 is 58.3 Å². The molecule has 34 heavy (non-hydrogen) atoms. The molecule has 194 valence electrons. The summed E-state index contributed by atoms with van der Waals surface area (Å²) in [6.45, 7) is -1.56. The molecule has 0 aliphatic heterocycles. The van der Waals surface area contributed by atoms with Gasteiger partial charge in [0.15, 0.2) is 13.6 Å². The van der Waals surface area contributed by atoms with E-state index >= 15 is 0 Å². The van der Waals surface area contributed by atoms with Crippen LogP contribution in [0.25, 0.3) is 0 Å². The zero-order chi connectivity index (χ0) is 25.0. The average molecular weight is 494 g/mol. The van der Waals surface area contributed by atoms with Crippen LogP contribution < -0.4 is 0 Å². The standard InChI is InChI=1S/C20H30O14/c21-3-5-27-9-31-13-33-11-29-7-15-1-2-16(19(23)24)17(18(15)20(25)26)8-30-12-34-14-32-10-28-6-4-22/h1-2,21-22H,3-14H2,(H,23,24)(H,25,26). The minimum atomic E-state index is -1.35. The van der Waals surface area contributed by atoms with Crippen LogP contribution >= 0.6 is 0 Å². The largest absolute Gasteiger partial charge is 0.478 e. The smallest absolute Gasteiger partial charge is 0.336 e. The molecule has 14 heteroatoms. The summed E-state index contributed by atoms with van der Waals surface area (Å²) in [6.07, 6.45) is 0. The Morgan fingerprint density at radius 3 is 1.56 bits per heavy atom. The Balaban J connectivity index is 2.58. The molecule has 14 nitrogen and oxygen atoms in total. The van der Waals surface area contributed by atoms with Gasteiger partial charge in [0, 0.05) is 5.56 Å². The van der Waals surface area contributed by atoms with Gasteiger partial charge in [0.1, 0.15) is 27.2 Å². The fraction of sp³-hybridized carbons (Fsp3) is 0.600. The number of rotatable bonds is 22. The maximum atomic E-state index is 11.9. The first-order valence-corrected chi connectivity index (χ1v) is 9.97. The molecule has 0 atom stereocenters. The van der Waals surface area contributed by atoms with Crippen molar-refractivity contribution in [2.24, 2.45) is 0 Å². The molecular formula is C20H30O14. The molecular weight excluding hydrogens is 464 g/mol. The van der Waals surface area contributed by atoms with Crippen LogP contribution in [0.4, 0.5) is 0 Å². The van der Waals surface area contributed by atoms with Gasteiger partial charge in [-0.3, -0.25) is 0 Å². The number of aliphatic hydroxyl groups excluding tert-OH is 2. The van der Waals surface area contributed by atoms with E-state index in [0.29, 0.717) is 0 Å². The second-order valence-corrected chi connectivity index (χ2v) is 6.22. The summed E-state index contributed by atoms with van der Waals surface area (Å²) < 4.78 is 40.3. The van der Waals surface area contributed by atoms with Crippen LogP contribution in [-0.4, -0.2) is 99.5 Å². The SMILES string of the molecule is O=C(O)c1ccc(COCOCOCOCCO)c(C(=O)O)c1COCOCOCOCCO. The highest BCUT2D eigenvalue weighted by Gasteiger charge is 2.22. The van der Waals surface area contributed by atoms with Gasteiger partial charge in [-0.25, -0.2) is 9.59 Å². The van der Waals surface area contributed by atoms with Crippen LogP contribution in [-0.2, 0) is 51.1 Å². The molecule has 0 amide bonds. The van der Waals surface area contributed by atoms with Gasteiger partial charge in [-0.15, -0.1) is 0 Å². The third-order valence-electron chi connectivity index (χ3n) is 3.82. The van der Waals surface area contributed by atoms with Crippen molar-refractivity contribution in [2.75, 3.05) is 67.2 Å². The molecule has 1 rings (SSSR count). The van der Waals surface area contributed by atoms with Gasteiger partial charge in [0.2, 0.25) is 0 Å². The van der Waals surface area contributed by atoms with Crippen molar-refractivity contribution in [1.29, 1.82) is 0 Å². The molecule has 1 aromatic carbocycles. The van der Waals surface area contributed by atoms with E-state index < -0.39 is 11.9 Å². The third kappa shape index (κ3) is 12.3. The Morgan fingerprint density at radius 1 is 0.618 bits per heavy atom. The number of benzene rings is 1. The van der Waals surface area contributed by atoms with Gasteiger partial charge in [-0.2, -0.15) is 0 Å². The summed E-state index contributed by atoms with van der Waals surface area (Å²) in [5, 5.41) is 36.2. The summed E-state index contributed by atoms with van der Waals surface area (Å²) in [4.78, 5) is 23.4. The molecule has 0 heterocycles. The quantitative estimate of drug-likeness (QED) is 0.124. The number of aliphatic hydroxyl groups is 2. The number of aromatic carboxylic acids is 2. The lowest BCUT2D eigenvalue weighted by molar-refractivity contribution is -0.173. The predicted octanol–water partition coefficient (Wildman–Crippen LogP) is -0.0546. The van der Waals surface area contributed by atoms with Crippen LogP contribution in [0.5, 0.6) is 0 Å². The Kier molecular flexibility index (Phi) is 16.7.